The average Bonchev–Trinajstić information content (AvgIpc) is 2.64. The number of ether oxygens (including phenoxy) is 1. The number of sulfonamides is 1. The summed E-state index contributed by atoms with van der Waals surface area (Å²) in [5.74, 6) is 0.369. The van der Waals surface area contributed by atoms with Gasteiger partial charge in [-0.25, -0.2) is 8.42 Å². The van der Waals surface area contributed by atoms with Crippen molar-refractivity contribution in [1.82, 2.24) is 0 Å². The van der Waals surface area contributed by atoms with Crippen molar-refractivity contribution in [3.8, 4) is 5.75 Å². The molecule has 0 aromatic heterocycles. The standard InChI is InChI=1S/C19H24N2O4S/c1-5-18(19(22)20(2)15-9-7-6-8-10-15)25-17-13-11-16(12-14-17)21(3)26(4,23)24/h6-14,18H,5H2,1-4H3/t18-/m0/s1. The van der Waals surface area contributed by atoms with Crippen LogP contribution in [0.25, 0.3) is 0 Å². The third kappa shape index (κ3) is 4.76. The lowest BCUT2D eigenvalue weighted by molar-refractivity contribution is -0.125. The van der Waals surface area contributed by atoms with Gasteiger partial charge in [-0.2, -0.15) is 0 Å². The number of likely N-dealkylation sites (N-methyl/N-ethyl adjacent to an activating group) is 1. The topological polar surface area (TPSA) is 66.9 Å². The van der Waals surface area contributed by atoms with Gasteiger partial charge in [0.05, 0.1) is 11.9 Å². The lowest BCUT2D eigenvalue weighted by atomic mass is 10.2. The summed E-state index contributed by atoms with van der Waals surface area (Å²) in [5.41, 5.74) is 1.32. The normalized spacial score (nSPS) is 12.3. The quantitative estimate of drug-likeness (QED) is 0.745. The van der Waals surface area contributed by atoms with Crippen LogP contribution >= 0.6 is 0 Å². The van der Waals surface area contributed by atoms with E-state index < -0.39 is 16.1 Å². The monoisotopic (exact) mass is 376 g/mol. The van der Waals surface area contributed by atoms with E-state index in [1.165, 1.54) is 11.4 Å². The Morgan fingerprint density at radius 1 is 1.00 bits per heavy atom. The van der Waals surface area contributed by atoms with Crippen LogP contribution in [-0.2, 0) is 14.8 Å². The predicted octanol–water partition coefficient (Wildman–Crippen LogP) is 2.90. The number of hydrogen-bond donors (Lipinski definition) is 0. The molecule has 140 valence electrons. The first-order chi connectivity index (χ1) is 12.2. The smallest absolute Gasteiger partial charge is 0.267 e. The molecule has 1 amide bonds. The van der Waals surface area contributed by atoms with Crippen molar-refractivity contribution in [3.05, 3.63) is 54.6 Å². The minimum atomic E-state index is -3.32. The summed E-state index contributed by atoms with van der Waals surface area (Å²) < 4.78 is 30.2. The van der Waals surface area contributed by atoms with E-state index in [9.17, 15) is 13.2 Å². The van der Waals surface area contributed by atoms with Gasteiger partial charge in [-0.05, 0) is 42.8 Å². The molecule has 0 radical (unpaired) electrons. The summed E-state index contributed by atoms with van der Waals surface area (Å²) >= 11 is 0. The number of nitrogens with zero attached hydrogens (tertiary/aromatic N) is 2. The highest BCUT2D eigenvalue weighted by Crippen LogP contribution is 2.22. The second-order valence-corrected chi connectivity index (χ2v) is 7.99. The van der Waals surface area contributed by atoms with Crippen molar-refractivity contribution in [2.24, 2.45) is 0 Å². The number of amides is 1. The Morgan fingerprint density at radius 3 is 2.08 bits per heavy atom. The zero-order valence-electron chi connectivity index (χ0n) is 15.4. The largest absolute Gasteiger partial charge is 0.481 e. The molecule has 26 heavy (non-hydrogen) atoms. The highest BCUT2D eigenvalue weighted by atomic mass is 32.2. The summed E-state index contributed by atoms with van der Waals surface area (Å²) in [6.45, 7) is 1.88. The van der Waals surface area contributed by atoms with Gasteiger partial charge in [-0.3, -0.25) is 9.10 Å². The van der Waals surface area contributed by atoms with Crippen LogP contribution in [0.2, 0.25) is 0 Å². The lowest BCUT2D eigenvalue weighted by Crippen LogP contribution is -2.39. The number of carbonyl (C=O) groups excluding carboxylic acids is 1. The molecule has 0 unspecified atom stereocenters. The molecule has 0 aliphatic carbocycles. The molecule has 0 aliphatic rings. The van der Waals surface area contributed by atoms with Crippen molar-refractivity contribution in [2.75, 3.05) is 29.6 Å². The Kier molecular flexibility index (Phi) is 6.26. The first-order valence-corrected chi connectivity index (χ1v) is 10.1. The van der Waals surface area contributed by atoms with Gasteiger partial charge < -0.3 is 9.64 Å². The number of para-hydroxylation sites is 1. The summed E-state index contributed by atoms with van der Waals surface area (Å²) in [6, 6.07) is 16.0. The fourth-order valence-corrected chi connectivity index (χ4v) is 2.90. The third-order valence-corrected chi connectivity index (χ3v) is 5.30. The van der Waals surface area contributed by atoms with Gasteiger partial charge in [0.1, 0.15) is 5.75 Å². The summed E-state index contributed by atoms with van der Waals surface area (Å²) in [4.78, 5) is 14.3. The van der Waals surface area contributed by atoms with E-state index >= 15 is 0 Å². The molecule has 7 heteroatoms. The fourth-order valence-electron chi connectivity index (χ4n) is 2.39. The number of rotatable bonds is 7. The molecule has 0 bridgehead atoms. The summed E-state index contributed by atoms with van der Waals surface area (Å²) in [5, 5.41) is 0. The summed E-state index contributed by atoms with van der Waals surface area (Å²) in [6.07, 6.45) is 1.03. The van der Waals surface area contributed by atoms with Gasteiger partial charge >= 0.3 is 0 Å². The van der Waals surface area contributed by atoms with Crippen molar-refractivity contribution in [3.63, 3.8) is 0 Å². The Hall–Kier alpha value is -2.54. The molecule has 0 heterocycles. The Bertz CT molecular complexity index is 836. The minimum absolute atomic E-state index is 0.143. The first kappa shape index (κ1) is 19.8. The van der Waals surface area contributed by atoms with E-state index in [4.69, 9.17) is 4.74 Å². The second-order valence-electron chi connectivity index (χ2n) is 5.97. The van der Waals surface area contributed by atoms with Crippen LogP contribution in [0.5, 0.6) is 5.75 Å². The van der Waals surface area contributed by atoms with Crippen LogP contribution in [0.3, 0.4) is 0 Å². The van der Waals surface area contributed by atoms with E-state index in [-0.39, 0.29) is 5.91 Å². The molecule has 1 atom stereocenters. The minimum Gasteiger partial charge on any atom is -0.481 e. The van der Waals surface area contributed by atoms with Crippen LogP contribution in [-0.4, -0.2) is 40.8 Å². The second kappa shape index (κ2) is 8.23. The molecule has 0 aliphatic heterocycles. The highest BCUT2D eigenvalue weighted by Gasteiger charge is 2.23. The molecule has 0 saturated carbocycles. The Balaban J connectivity index is 2.11. The van der Waals surface area contributed by atoms with E-state index in [2.05, 4.69) is 0 Å². The van der Waals surface area contributed by atoms with Gasteiger partial charge in [0.2, 0.25) is 10.0 Å². The SMILES string of the molecule is CC[C@H](Oc1ccc(N(C)S(C)(=O)=O)cc1)C(=O)N(C)c1ccccc1. The van der Waals surface area contributed by atoms with Gasteiger partial charge in [-0.15, -0.1) is 0 Å². The van der Waals surface area contributed by atoms with Gasteiger partial charge in [0.25, 0.3) is 5.91 Å². The Morgan fingerprint density at radius 2 is 1.58 bits per heavy atom. The van der Waals surface area contributed by atoms with Gasteiger partial charge in [-0.1, -0.05) is 25.1 Å². The first-order valence-electron chi connectivity index (χ1n) is 8.27. The molecule has 2 aromatic carbocycles. The maximum atomic E-state index is 12.7. The summed E-state index contributed by atoms with van der Waals surface area (Å²) in [7, 11) is -0.119. The zero-order valence-corrected chi connectivity index (χ0v) is 16.2. The van der Waals surface area contributed by atoms with Crippen molar-refractivity contribution in [2.45, 2.75) is 19.4 Å². The van der Waals surface area contributed by atoms with E-state index in [0.29, 0.717) is 17.9 Å². The van der Waals surface area contributed by atoms with Gasteiger partial charge in [0, 0.05) is 19.8 Å². The zero-order chi connectivity index (χ0) is 19.3. The number of hydrogen-bond acceptors (Lipinski definition) is 4. The Labute approximate surface area is 155 Å². The molecule has 0 N–H and O–H groups in total. The molecule has 2 rings (SSSR count). The molecule has 0 spiro atoms. The highest BCUT2D eigenvalue weighted by molar-refractivity contribution is 7.92. The maximum Gasteiger partial charge on any atom is 0.267 e. The van der Waals surface area contributed by atoms with Gasteiger partial charge in [0.15, 0.2) is 6.10 Å². The molecule has 0 fully saturated rings. The lowest BCUT2D eigenvalue weighted by Gasteiger charge is -2.24. The van der Waals surface area contributed by atoms with Crippen LogP contribution in [0.4, 0.5) is 11.4 Å². The number of carbonyl (C=O) groups is 1. The number of benzene rings is 2. The fraction of sp³-hybridized carbons (Fsp3) is 0.316. The van der Waals surface area contributed by atoms with Crippen LogP contribution in [0, 0.1) is 0 Å². The molecular formula is C19H24N2O4S. The number of anilines is 2. The van der Waals surface area contributed by atoms with E-state index in [1.807, 2.05) is 37.3 Å². The van der Waals surface area contributed by atoms with Crippen LogP contribution < -0.4 is 13.9 Å². The van der Waals surface area contributed by atoms with Crippen molar-refractivity contribution in [1.29, 1.82) is 0 Å². The van der Waals surface area contributed by atoms with Crippen molar-refractivity contribution >= 4 is 27.3 Å². The maximum absolute atomic E-state index is 12.7. The molecule has 6 nitrogen and oxygen atoms in total. The molecule has 2 aromatic rings. The third-order valence-electron chi connectivity index (χ3n) is 4.10. The van der Waals surface area contributed by atoms with E-state index in [0.717, 1.165) is 11.9 Å². The van der Waals surface area contributed by atoms with E-state index in [1.54, 1.807) is 36.2 Å². The average molecular weight is 376 g/mol. The predicted molar refractivity (Wildman–Crippen MR) is 104 cm³/mol. The molecule has 0 saturated heterocycles. The van der Waals surface area contributed by atoms with Crippen LogP contribution in [0.1, 0.15) is 13.3 Å². The van der Waals surface area contributed by atoms with Crippen LogP contribution in [0.15, 0.2) is 54.6 Å². The molecular weight excluding hydrogens is 352 g/mol. The van der Waals surface area contributed by atoms with Crippen molar-refractivity contribution < 1.29 is 17.9 Å².